The Bertz CT molecular complexity index is 455. The van der Waals surface area contributed by atoms with Gasteiger partial charge < -0.3 is 20.3 Å². The monoisotopic (exact) mass is 329 g/mol. The zero-order chi connectivity index (χ0) is 15.5. The lowest BCUT2D eigenvalue weighted by molar-refractivity contribution is -0.274. The van der Waals surface area contributed by atoms with Crippen molar-refractivity contribution in [1.82, 2.24) is 0 Å². The van der Waals surface area contributed by atoms with Gasteiger partial charge in [0, 0.05) is 11.6 Å². The second-order valence-corrected chi connectivity index (χ2v) is 4.71. The van der Waals surface area contributed by atoms with E-state index in [1.165, 1.54) is 13.2 Å². The van der Waals surface area contributed by atoms with E-state index < -0.39 is 24.3 Å². The highest BCUT2D eigenvalue weighted by Gasteiger charge is 2.32. The normalized spacial score (nSPS) is 14.3. The Balaban J connectivity index is 0.00000400. The minimum absolute atomic E-state index is 0. The zero-order valence-electron chi connectivity index (χ0n) is 11.8. The maximum atomic E-state index is 12.1. The Kier molecular flexibility index (Phi) is 7.29. The topological polar surface area (TPSA) is 64.7 Å². The molecule has 0 fully saturated rings. The predicted molar refractivity (Wildman–Crippen MR) is 74.7 cm³/mol. The van der Waals surface area contributed by atoms with Crippen molar-refractivity contribution in [2.75, 3.05) is 7.11 Å². The van der Waals surface area contributed by atoms with Crippen LogP contribution in [0.1, 0.15) is 25.5 Å². The highest BCUT2D eigenvalue weighted by molar-refractivity contribution is 5.85. The van der Waals surface area contributed by atoms with Gasteiger partial charge in [-0.25, -0.2) is 0 Å². The maximum Gasteiger partial charge on any atom is 0.573 e. The fourth-order valence-corrected chi connectivity index (χ4v) is 1.76. The first-order chi connectivity index (χ1) is 9.15. The van der Waals surface area contributed by atoms with E-state index in [4.69, 9.17) is 10.5 Å². The van der Waals surface area contributed by atoms with Gasteiger partial charge in [0.25, 0.3) is 0 Å². The lowest BCUT2D eigenvalue weighted by Gasteiger charge is -2.24. The molecule has 8 heteroatoms. The van der Waals surface area contributed by atoms with E-state index >= 15 is 0 Å². The van der Waals surface area contributed by atoms with Crippen molar-refractivity contribution in [3.05, 3.63) is 23.8 Å². The number of aliphatic hydroxyl groups excluding tert-OH is 1. The molecule has 0 spiro atoms. The molecule has 0 radical (unpaired) electrons. The number of hydrogen-bond acceptors (Lipinski definition) is 4. The molecule has 21 heavy (non-hydrogen) atoms. The van der Waals surface area contributed by atoms with Crippen LogP contribution in [-0.2, 0) is 0 Å². The number of hydrogen-bond donors (Lipinski definition) is 2. The van der Waals surface area contributed by atoms with Crippen LogP contribution in [0.25, 0.3) is 0 Å². The van der Waals surface area contributed by atoms with E-state index in [0.717, 1.165) is 12.1 Å². The summed E-state index contributed by atoms with van der Waals surface area (Å²) in [6.45, 7) is 3.58. The molecule has 1 rings (SSSR count). The molecule has 2 atom stereocenters. The number of aliphatic hydroxyl groups is 1. The van der Waals surface area contributed by atoms with E-state index in [1.807, 2.05) is 0 Å². The molecule has 0 bridgehead atoms. The third-order valence-corrected chi connectivity index (χ3v) is 2.85. The highest BCUT2D eigenvalue weighted by atomic mass is 35.5. The summed E-state index contributed by atoms with van der Waals surface area (Å²) in [6.07, 6.45) is -5.61. The van der Waals surface area contributed by atoms with Crippen LogP contribution in [0.5, 0.6) is 11.5 Å². The average molecular weight is 330 g/mol. The Morgan fingerprint density at radius 1 is 1.24 bits per heavy atom. The van der Waals surface area contributed by atoms with Crippen molar-refractivity contribution in [1.29, 1.82) is 0 Å². The van der Waals surface area contributed by atoms with Gasteiger partial charge in [0.2, 0.25) is 0 Å². The van der Waals surface area contributed by atoms with E-state index in [2.05, 4.69) is 4.74 Å². The molecule has 0 amide bonds. The lowest BCUT2D eigenvalue weighted by atomic mass is 9.94. The fraction of sp³-hybridized carbons (Fsp3) is 0.538. The molecule has 0 saturated heterocycles. The van der Waals surface area contributed by atoms with Gasteiger partial charge in [-0.3, -0.25) is 0 Å². The molecular weight excluding hydrogens is 311 g/mol. The van der Waals surface area contributed by atoms with Gasteiger partial charge in [-0.2, -0.15) is 0 Å². The van der Waals surface area contributed by atoms with Crippen LogP contribution >= 0.6 is 12.4 Å². The first-order valence-corrected chi connectivity index (χ1v) is 6.03. The summed E-state index contributed by atoms with van der Waals surface area (Å²) in [5.41, 5.74) is 6.32. The molecule has 0 aliphatic rings. The first kappa shape index (κ1) is 19.8. The summed E-state index contributed by atoms with van der Waals surface area (Å²) in [5, 5.41) is 9.93. The smallest absolute Gasteiger partial charge is 0.496 e. The summed E-state index contributed by atoms with van der Waals surface area (Å²) in [6, 6.07) is 2.83. The molecule has 0 heterocycles. The minimum Gasteiger partial charge on any atom is -0.496 e. The number of benzene rings is 1. The van der Waals surface area contributed by atoms with Crippen molar-refractivity contribution in [3.8, 4) is 11.5 Å². The Morgan fingerprint density at radius 3 is 2.24 bits per heavy atom. The molecule has 3 N–H and O–H groups in total. The van der Waals surface area contributed by atoms with E-state index in [-0.39, 0.29) is 24.1 Å². The molecule has 122 valence electrons. The molecule has 0 saturated carbocycles. The van der Waals surface area contributed by atoms with Crippen molar-refractivity contribution >= 4 is 12.4 Å². The molecule has 0 aliphatic carbocycles. The fourth-order valence-electron chi connectivity index (χ4n) is 1.76. The number of ether oxygens (including phenoxy) is 2. The van der Waals surface area contributed by atoms with Crippen molar-refractivity contribution in [2.45, 2.75) is 32.4 Å². The molecule has 0 aliphatic heterocycles. The van der Waals surface area contributed by atoms with E-state index in [9.17, 15) is 18.3 Å². The van der Waals surface area contributed by atoms with Gasteiger partial charge in [0.05, 0.1) is 19.3 Å². The first-order valence-electron chi connectivity index (χ1n) is 6.03. The van der Waals surface area contributed by atoms with Gasteiger partial charge >= 0.3 is 6.36 Å². The van der Waals surface area contributed by atoms with Crippen LogP contribution in [0, 0.1) is 5.92 Å². The van der Waals surface area contributed by atoms with Gasteiger partial charge in [-0.05, 0) is 18.1 Å². The van der Waals surface area contributed by atoms with Gasteiger partial charge in [0.15, 0.2) is 0 Å². The van der Waals surface area contributed by atoms with Crippen molar-refractivity contribution in [3.63, 3.8) is 0 Å². The number of rotatable bonds is 5. The van der Waals surface area contributed by atoms with Crippen LogP contribution in [-0.4, -0.2) is 24.7 Å². The molecule has 0 unspecified atom stereocenters. The van der Waals surface area contributed by atoms with Crippen LogP contribution < -0.4 is 15.2 Å². The second-order valence-electron chi connectivity index (χ2n) is 4.71. The SMILES string of the molecule is COc1cc(OC(F)(F)F)ccc1[C@@H](N)[C@@H](O)C(C)C.Cl. The summed E-state index contributed by atoms with van der Waals surface area (Å²) in [4.78, 5) is 0. The van der Waals surface area contributed by atoms with Crippen LogP contribution in [0.2, 0.25) is 0 Å². The second kappa shape index (κ2) is 7.72. The lowest BCUT2D eigenvalue weighted by Crippen LogP contribution is -2.30. The third-order valence-electron chi connectivity index (χ3n) is 2.85. The van der Waals surface area contributed by atoms with Crippen LogP contribution in [0.15, 0.2) is 18.2 Å². The Hall–Kier alpha value is -1.18. The minimum atomic E-state index is -4.77. The summed E-state index contributed by atoms with van der Waals surface area (Å²) in [5.74, 6) is -0.357. The van der Waals surface area contributed by atoms with Crippen molar-refractivity contribution in [2.24, 2.45) is 11.7 Å². The standard InChI is InChI=1S/C13H18F3NO3.ClH/c1-7(2)12(18)11(17)9-5-4-8(6-10(9)19-3)20-13(14,15)16;/h4-7,11-12,18H,17H2,1-3H3;1H/t11-,12+;/m1./s1. The summed E-state index contributed by atoms with van der Waals surface area (Å²) < 4.78 is 45.2. The predicted octanol–water partition coefficient (Wildman–Crippen LogP) is 3.03. The van der Waals surface area contributed by atoms with Crippen LogP contribution in [0.4, 0.5) is 13.2 Å². The van der Waals surface area contributed by atoms with Crippen LogP contribution in [0.3, 0.4) is 0 Å². The number of halogens is 4. The molecule has 1 aromatic rings. The highest BCUT2D eigenvalue weighted by Crippen LogP contribution is 2.33. The van der Waals surface area contributed by atoms with E-state index in [1.54, 1.807) is 13.8 Å². The molecule has 0 aromatic heterocycles. The molecular formula is C13H19ClF3NO3. The van der Waals surface area contributed by atoms with E-state index in [0.29, 0.717) is 5.56 Å². The Morgan fingerprint density at radius 2 is 1.81 bits per heavy atom. The quantitative estimate of drug-likeness (QED) is 0.871. The number of methoxy groups -OCH3 is 1. The Labute approximate surface area is 127 Å². The summed E-state index contributed by atoms with van der Waals surface area (Å²) >= 11 is 0. The maximum absolute atomic E-state index is 12.1. The van der Waals surface area contributed by atoms with Gasteiger partial charge in [-0.15, -0.1) is 25.6 Å². The van der Waals surface area contributed by atoms with Crippen molar-refractivity contribution < 1.29 is 27.8 Å². The third kappa shape index (κ3) is 5.61. The number of nitrogens with two attached hydrogens (primary N) is 1. The van der Waals surface area contributed by atoms with Gasteiger partial charge in [-0.1, -0.05) is 13.8 Å². The largest absolute Gasteiger partial charge is 0.573 e. The number of alkyl halides is 3. The summed E-state index contributed by atoms with van der Waals surface area (Å²) in [7, 11) is 1.31. The zero-order valence-corrected chi connectivity index (χ0v) is 12.7. The van der Waals surface area contributed by atoms with Gasteiger partial charge in [0.1, 0.15) is 11.5 Å². The average Bonchev–Trinajstić information content (AvgIpc) is 2.34. The molecule has 1 aromatic carbocycles. The molecule has 4 nitrogen and oxygen atoms in total.